The van der Waals surface area contributed by atoms with Gasteiger partial charge in [0, 0.05) is 12.1 Å². The van der Waals surface area contributed by atoms with Gasteiger partial charge >= 0.3 is 6.09 Å². The number of carbonyl (C=O) groups is 2. The summed E-state index contributed by atoms with van der Waals surface area (Å²) in [6, 6.07) is 10.0. The molecule has 37 heavy (non-hydrogen) atoms. The van der Waals surface area contributed by atoms with E-state index >= 15 is 0 Å². The van der Waals surface area contributed by atoms with Gasteiger partial charge in [-0.1, -0.05) is 32.0 Å². The second-order valence-electron chi connectivity index (χ2n) is 10.5. The highest BCUT2D eigenvalue weighted by Crippen LogP contribution is 2.37. The first-order chi connectivity index (χ1) is 17.6. The number of nitrogens with one attached hydrogen (secondary N) is 2. The number of hydrogen-bond donors (Lipinski definition) is 2. The molecule has 1 saturated heterocycles. The number of methoxy groups -OCH3 is 1. The van der Waals surface area contributed by atoms with Crippen molar-refractivity contribution in [2.24, 2.45) is 5.92 Å². The fourth-order valence-electron chi connectivity index (χ4n) is 5.57. The number of likely N-dealkylation sites (tertiary alicyclic amines) is 1. The maximum Gasteiger partial charge on any atom is 0.407 e. The van der Waals surface area contributed by atoms with E-state index in [1.807, 2.05) is 24.9 Å². The van der Waals surface area contributed by atoms with Crippen molar-refractivity contribution in [1.82, 2.24) is 20.2 Å². The number of rotatable bonds is 6. The van der Waals surface area contributed by atoms with Crippen molar-refractivity contribution in [2.75, 3.05) is 13.7 Å². The predicted molar refractivity (Wildman–Crippen MR) is 146 cm³/mol. The number of imidazole rings is 1. The van der Waals surface area contributed by atoms with Gasteiger partial charge in [0.1, 0.15) is 11.9 Å². The molecule has 1 aromatic heterocycles. The molecule has 0 spiro atoms. The third-order valence-corrected chi connectivity index (χ3v) is 7.41. The molecule has 0 aliphatic carbocycles. The van der Waals surface area contributed by atoms with Crippen LogP contribution in [0, 0.1) is 33.6 Å². The Bertz CT molecular complexity index is 1270. The van der Waals surface area contributed by atoms with Gasteiger partial charge in [-0.3, -0.25) is 4.79 Å². The van der Waals surface area contributed by atoms with E-state index in [0.29, 0.717) is 6.54 Å². The number of aryl methyl sites for hydroxylation is 4. The molecule has 2 aromatic carbocycles. The zero-order chi connectivity index (χ0) is 26.9. The average Bonchev–Trinajstić information content (AvgIpc) is 3.53. The predicted octanol–water partition coefficient (Wildman–Crippen LogP) is 6.02. The van der Waals surface area contributed by atoms with Crippen LogP contribution in [-0.2, 0) is 9.53 Å². The third kappa shape index (κ3) is 5.26. The average molecular weight is 503 g/mol. The number of H-pyrrole nitrogens is 1. The lowest BCUT2D eigenvalue weighted by molar-refractivity contribution is -0.135. The number of aromatic nitrogens is 2. The summed E-state index contributed by atoms with van der Waals surface area (Å²) < 4.78 is 4.74. The smallest absolute Gasteiger partial charge is 0.407 e. The summed E-state index contributed by atoms with van der Waals surface area (Å²) in [5.74, 6) is 0.599. The fraction of sp³-hybridized carbons (Fsp3) is 0.433. The van der Waals surface area contributed by atoms with Crippen LogP contribution in [-0.4, -0.2) is 46.6 Å². The number of nitrogens with zero attached hydrogens (tertiary/aromatic N) is 2. The summed E-state index contributed by atoms with van der Waals surface area (Å²) in [7, 11) is 1.30. The minimum Gasteiger partial charge on any atom is -0.453 e. The molecular weight excluding hydrogens is 464 g/mol. The van der Waals surface area contributed by atoms with Crippen molar-refractivity contribution in [3.8, 4) is 22.4 Å². The van der Waals surface area contributed by atoms with E-state index in [4.69, 9.17) is 9.72 Å². The van der Waals surface area contributed by atoms with Crippen molar-refractivity contribution in [1.29, 1.82) is 0 Å². The number of benzene rings is 2. The van der Waals surface area contributed by atoms with Crippen LogP contribution in [0.3, 0.4) is 0 Å². The second-order valence-corrected chi connectivity index (χ2v) is 10.5. The van der Waals surface area contributed by atoms with E-state index in [-0.39, 0.29) is 17.9 Å². The van der Waals surface area contributed by atoms with Gasteiger partial charge in [0.25, 0.3) is 0 Å². The quantitative estimate of drug-likeness (QED) is 0.431. The molecule has 7 heteroatoms. The Morgan fingerprint density at radius 1 is 1.05 bits per heavy atom. The molecular formula is C30H38N4O3. The molecule has 0 radical (unpaired) electrons. The summed E-state index contributed by atoms with van der Waals surface area (Å²) in [4.78, 5) is 35.3. The molecule has 3 aromatic rings. The van der Waals surface area contributed by atoms with Crippen LogP contribution in [0.25, 0.3) is 22.4 Å². The minimum atomic E-state index is -0.648. The van der Waals surface area contributed by atoms with Gasteiger partial charge in [-0.25, -0.2) is 9.78 Å². The second kappa shape index (κ2) is 10.8. The zero-order valence-corrected chi connectivity index (χ0v) is 22.9. The van der Waals surface area contributed by atoms with Gasteiger partial charge in [0.15, 0.2) is 0 Å². The fourth-order valence-corrected chi connectivity index (χ4v) is 5.57. The molecule has 2 heterocycles. The molecule has 7 nitrogen and oxygen atoms in total. The lowest BCUT2D eigenvalue weighted by atomic mass is 9.88. The van der Waals surface area contributed by atoms with Gasteiger partial charge < -0.3 is 19.9 Å². The van der Waals surface area contributed by atoms with E-state index in [1.54, 1.807) is 0 Å². The molecule has 0 bridgehead atoms. The Morgan fingerprint density at radius 2 is 1.68 bits per heavy atom. The maximum absolute atomic E-state index is 13.4. The minimum absolute atomic E-state index is 0.0682. The van der Waals surface area contributed by atoms with Gasteiger partial charge in [-0.05, 0) is 92.0 Å². The molecule has 2 N–H and O–H groups in total. The molecule has 4 rings (SSSR count). The van der Waals surface area contributed by atoms with Gasteiger partial charge in [0.2, 0.25) is 5.91 Å². The number of hydrogen-bond acceptors (Lipinski definition) is 4. The normalized spacial score (nSPS) is 16.2. The van der Waals surface area contributed by atoms with Gasteiger partial charge in [-0.2, -0.15) is 0 Å². The van der Waals surface area contributed by atoms with Crippen LogP contribution in [0.2, 0.25) is 0 Å². The van der Waals surface area contributed by atoms with E-state index in [2.05, 4.69) is 68.3 Å². The number of ether oxygens (including phenoxy) is 1. The molecule has 196 valence electrons. The lowest BCUT2D eigenvalue weighted by Gasteiger charge is -2.30. The first kappa shape index (κ1) is 26.5. The Kier molecular flexibility index (Phi) is 7.71. The zero-order valence-electron chi connectivity index (χ0n) is 22.9. The topological polar surface area (TPSA) is 87.3 Å². The van der Waals surface area contributed by atoms with Crippen molar-refractivity contribution in [3.05, 3.63) is 64.6 Å². The van der Waals surface area contributed by atoms with Crippen LogP contribution >= 0.6 is 0 Å². The van der Waals surface area contributed by atoms with Crippen LogP contribution in [0.15, 0.2) is 36.5 Å². The Morgan fingerprint density at radius 3 is 2.27 bits per heavy atom. The number of alkyl carbamates (subject to hydrolysis) is 1. The van der Waals surface area contributed by atoms with E-state index < -0.39 is 12.1 Å². The van der Waals surface area contributed by atoms with E-state index in [9.17, 15) is 9.59 Å². The highest BCUT2D eigenvalue weighted by Gasteiger charge is 2.37. The number of amides is 2. The van der Waals surface area contributed by atoms with Crippen molar-refractivity contribution >= 4 is 12.0 Å². The highest BCUT2D eigenvalue weighted by atomic mass is 16.5. The summed E-state index contributed by atoms with van der Waals surface area (Å²) in [5, 5.41) is 2.70. The Labute approximate surface area is 219 Å². The Balaban J connectivity index is 1.61. The van der Waals surface area contributed by atoms with Crippen LogP contribution in [0.1, 0.15) is 60.8 Å². The van der Waals surface area contributed by atoms with Crippen LogP contribution < -0.4 is 5.32 Å². The summed E-state index contributed by atoms with van der Waals surface area (Å²) in [5.41, 5.74) is 9.57. The van der Waals surface area contributed by atoms with Crippen molar-refractivity contribution < 1.29 is 14.3 Å². The third-order valence-electron chi connectivity index (χ3n) is 7.41. The first-order valence-corrected chi connectivity index (χ1v) is 13.0. The largest absolute Gasteiger partial charge is 0.453 e. The molecule has 2 unspecified atom stereocenters. The highest BCUT2D eigenvalue weighted by molar-refractivity contribution is 5.86. The lowest BCUT2D eigenvalue weighted by Crippen LogP contribution is -2.51. The monoisotopic (exact) mass is 502 g/mol. The molecule has 1 aliphatic heterocycles. The molecule has 1 aliphatic rings. The standard InChI is InChI=1S/C30H38N4O3/c1-17(2)27(33-30(36)37-7)29(35)34-13-9-12-24(34)28-31-16-23(32-28)22-14-20(5)26(21(6)15-22)25-18(3)10-8-11-19(25)4/h8,10-11,14-17,24,27H,9,12-13H2,1-7H3,(H,31,32)(H,33,36). The first-order valence-electron chi connectivity index (χ1n) is 13.0. The number of aromatic amines is 1. The van der Waals surface area contributed by atoms with E-state index in [0.717, 1.165) is 29.9 Å². The van der Waals surface area contributed by atoms with Crippen LogP contribution in [0.4, 0.5) is 4.79 Å². The maximum atomic E-state index is 13.4. The molecule has 2 atom stereocenters. The van der Waals surface area contributed by atoms with Crippen molar-refractivity contribution in [2.45, 2.75) is 66.5 Å². The molecule has 2 amide bonds. The Hall–Kier alpha value is -3.61. The van der Waals surface area contributed by atoms with Gasteiger partial charge in [-0.15, -0.1) is 0 Å². The van der Waals surface area contributed by atoms with E-state index in [1.165, 1.54) is 40.5 Å². The van der Waals surface area contributed by atoms with Crippen LogP contribution in [0.5, 0.6) is 0 Å². The van der Waals surface area contributed by atoms with Gasteiger partial charge in [0.05, 0.1) is 25.0 Å². The number of carbonyl (C=O) groups excluding carboxylic acids is 2. The summed E-state index contributed by atoms with van der Waals surface area (Å²) in [6.07, 6.45) is 2.97. The summed E-state index contributed by atoms with van der Waals surface area (Å²) in [6.45, 7) is 13.1. The molecule has 0 saturated carbocycles. The summed E-state index contributed by atoms with van der Waals surface area (Å²) >= 11 is 0. The molecule has 1 fully saturated rings. The van der Waals surface area contributed by atoms with Crippen molar-refractivity contribution in [3.63, 3.8) is 0 Å². The SMILES string of the molecule is COC(=O)NC(C(=O)N1CCCC1c1ncc(-c2cc(C)c(-c3c(C)cccc3C)c(C)c2)[nH]1)C(C)C.